The third kappa shape index (κ3) is 4.34. The Bertz CT molecular complexity index is 273. The van der Waals surface area contributed by atoms with Gasteiger partial charge in [0.2, 0.25) is 5.91 Å². The lowest BCUT2D eigenvalue weighted by molar-refractivity contribution is -0.143. The van der Waals surface area contributed by atoms with E-state index in [1.165, 1.54) is 0 Å². The van der Waals surface area contributed by atoms with Crippen LogP contribution >= 0.6 is 0 Å². The molecule has 17 heavy (non-hydrogen) atoms. The van der Waals surface area contributed by atoms with Crippen molar-refractivity contribution in [2.75, 3.05) is 19.6 Å². The van der Waals surface area contributed by atoms with E-state index in [-0.39, 0.29) is 24.3 Å². The van der Waals surface area contributed by atoms with E-state index in [1.807, 2.05) is 13.8 Å². The second-order valence-corrected chi connectivity index (χ2v) is 4.96. The normalized spacial score (nSPS) is 19.0. The van der Waals surface area contributed by atoms with E-state index in [1.54, 1.807) is 0 Å². The lowest BCUT2D eigenvalue weighted by Gasteiger charge is -2.23. The molecule has 1 unspecified atom stereocenters. The average Bonchev–Trinajstić information content (AvgIpc) is 2.29. The fraction of sp³-hybridized carbons (Fsp3) is 0.833. The monoisotopic (exact) mass is 242 g/mol. The molecular formula is C12H22N2O3. The van der Waals surface area contributed by atoms with Crippen molar-refractivity contribution in [3.05, 3.63) is 0 Å². The highest BCUT2D eigenvalue weighted by Crippen LogP contribution is 2.13. The van der Waals surface area contributed by atoms with Gasteiger partial charge in [0.05, 0.1) is 5.92 Å². The molecule has 5 heteroatoms. The quantitative estimate of drug-likeness (QED) is 0.654. The highest BCUT2D eigenvalue weighted by Gasteiger charge is 2.25. The van der Waals surface area contributed by atoms with E-state index in [0.717, 1.165) is 25.9 Å². The molecule has 1 amide bonds. The van der Waals surface area contributed by atoms with Gasteiger partial charge in [-0.05, 0) is 31.8 Å². The van der Waals surface area contributed by atoms with Gasteiger partial charge >= 0.3 is 5.97 Å². The highest BCUT2D eigenvalue weighted by molar-refractivity contribution is 5.79. The molecule has 0 radical (unpaired) electrons. The zero-order valence-electron chi connectivity index (χ0n) is 10.5. The van der Waals surface area contributed by atoms with Crippen LogP contribution in [0.3, 0.4) is 0 Å². The SMILES string of the molecule is CC(C)C(CNC(=O)C1CCNCC1)C(=O)O. The Morgan fingerprint density at radius 2 is 1.94 bits per heavy atom. The van der Waals surface area contributed by atoms with Crippen LogP contribution in [0.1, 0.15) is 26.7 Å². The van der Waals surface area contributed by atoms with Crippen molar-refractivity contribution in [3.63, 3.8) is 0 Å². The third-order valence-corrected chi connectivity index (χ3v) is 3.33. The summed E-state index contributed by atoms with van der Waals surface area (Å²) in [6, 6.07) is 0. The first-order valence-electron chi connectivity index (χ1n) is 6.23. The number of aliphatic carboxylic acids is 1. The van der Waals surface area contributed by atoms with Crippen molar-refractivity contribution in [1.82, 2.24) is 10.6 Å². The Morgan fingerprint density at radius 1 is 1.35 bits per heavy atom. The summed E-state index contributed by atoms with van der Waals surface area (Å²) in [5, 5.41) is 15.0. The number of nitrogens with one attached hydrogen (secondary N) is 2. The van der Waals surface area contributed by atoms with Crippen LogP contribution in [-0.4, -0.2) is 36.6 Å². The third-order valence-electron chi connectivity index (χ3n) is 3.33. The van der Waals surface area contributed by atoms with Crippen LogP contribution in [0.15, 0.2) is 0 Å². The number of amides is 1. The van der Waals surface area contributed by atoms with Crippen LogP contribution in [0.2, 0.25) is 0 Å². The van der Waals surface area contributed by atoms with Gasteiger partial charge in [-0.15, -0.1) is 0 Å². The molecule has 1 fully saturated rings. The van der Waals surface area contributed by atoms with E-state index < -0.39 is 11.9 Å². The van der Waals surface area contributed by atoms with Gasteiger partial charge in [-0.1, -0.05) is 13.8 Å². The number of carboxylic acids is 1. The number of rotatable bonds is 5. The molecule has 0 aromatic heterocycles. The molecule has 0 bridgehead atoms. The van der Waals surface area contributed by atoms with Crippen LogP contribution in [0, 0.1) is 17.8 Å². The number of carbonyl (C=O) groups excluding carboxylic acids is 1. The number of carbonyl (C=O) groups is 2. The Kier molecular flexibility index (Phi) is 5.41. The van der Waals surface area contributed by atoms with E-state index in [9.17, 15) is 9.59 Å². The van der Waals surface area contributed by atoms with Crippen LogP contribution in [-0.2, 0) is 9.59 Å². The lowest BCUT2D eigenvalue weighted by Crippen LogP contribution is -2.41. The second-order valence-electron chi connectivity index (χ2n) is 4.96. The smallest absolute Gasteiger partial charge is 0.308 e. The first kappa shape index (κ1) is 14.0. The van der Waals surface area contributed by atoms with Gasteiger partial charge in [0.15, 0.2) is 0 Å². The molecule has 0 aliphatic carbocycles. The number of hydrogen-bond acceptors (Lipinski definition) is 3. The Morgan fingerprint density at radius 3 is 2.41 bits per heavy atom. The van der Waals surface area contributed by atoms with Crippen molar-refractivity contribution in [2.24, 2.45) is 17.8 Å². The molecule has 1 aliphatic rings. The molecule has 0 spiro atoms. The van der Waals surface area contributed by atoms with Gasteiger partial charge < -0.3 is 15.7 Å². The van der Waals surface area contributed by atoms with Crippen molar-refractivity contribution in [1.29, 1.82) is 0 Å². The molecule has 98 valence electrons. The van der Waals surface area contributed by atoms with Crippen LogP contribution in [0.25, 0.3) is 0 Å². The van der Waals surface area contributed by atoms with Gasteiger partial charge in [-0.25, -0.2) is 0 Å². The minimum Gasteiger partial charge on any atom is -0.481 e. The molecule has 5 nitrogen and oxygen atoms in total. The maximum atomic E-state index is 11.8. The van der Waals surface area contributed by atoms with E-state index in [0.29, 0.717) is 0 Å². The van der Waals surface area contributed by atoms with Gasteiger partial charge in [0.25, 0.3) is 0 Å². The minimum absolute atomic E-state index is 0.00148. The van der Waals surface area contributed by atoms with Crippen LogP contribution < -0.4 is 10.6 Å². The van der Waals surface area contributed by atoms with E-state index in [2.05, 4.69) is 10.6 Å². The molecule has 3 N–H and O–H groups in total. The number of hydrogen-bond donors (Lipinski definition) is 3. The Balaban J connectivity index is 2.37. The van der Waals surface area contributed by atoms with Crippen LogP contribution in [0.4, 0.5) is 0 Å². The minimum atomic E-state index is -0.842. The molecule has 0 saturated carbocycles. The predicted octanol–water partition coefficient (Wildman–Crippen LogP) is 0.459. The maximum absolute atomic E-state index is 11.8. The van der Waals surface area contributed by atoms with E-state index >= 15 is 0 Å². The molecule has 1 rings (SSSR count). The molecule has 1 heterocycles. The first-order chi connectivity index (χ1) is 8.02. The molecule has 1 atom stereocenters. The molecule has 0 aromatic carbocycles. The summed E-state index contributed by atoms with van der Waals surface area (Å²) in [6.45, 7) is 5.68. The summed E-state index contributed by atoms with van der Waals surface area (Å²) in [6.07, 6.45) is 1.68. The Labute approximate surface area is 102 Å². The first-order valence-corrected chi connectivity index (χ1v) is 6.23. The Hall–Kier alpha value is -1.10. The van der Waals surface area contributed by atoms with Crippen molar-refractivity contribution in [3.8, 4) is 0 Å². The summed E-state index contributed by atoms with van der Waals surface area (Å²) in [5.74, 6) is -1.27. The number of carboxylic acid groups (broad SMARTS) is 1. The maximum Gasteiger partial charge on any atom is 0.308 e. The van der Waals surface area contributed by atoms with Crippen molar-refractivity contribution < 1.29 is 14.7 Å². The fourth-order valence-electron chi connectivity index (χ4n) is 2.05. The van der Waals surface area contributed by atoms with Crippen molar-refractivity contribution in [2.45, 2.75) is 26.7 Å². The molecule has 1 aliphatic heterocycles. The fourth-order valence-corrected chi connectivity index (χ4v) is 2.05. The van der Waals surface area contributed by atoms with E-state index in [4.69, 9.17) is 5.11 Å². The predicted molar refractivity (Wildman–Crippen MR) is 64.6 cm³/mol. The number of piperidine rings is 1. The summed E-state index contributed by atoms with van der Waals surface area (Å²) >= 11 is 0. The summed E-state index contributed by atoms with van der Waals surface area (Å²) < 4.78 is 0. The topological polar surface area (TPSA) is 78.4 Å². The highest BCUT2D eigenvalue weighted by atomic mass is 16.4. The van der Waals surface area contributed by atoms with Gasteiger partial charge in [-0.3, -0.25) is 9.59 Å². The lowest BCUT2D eigenvalue weighted by atomic mass is 9.94. The van der Waals surface area contributed by atoms with Gasteiger partial charge in [-0.2, -0.15) is 0 Å². The van der Waals surface area contributed by atoms with Gasteiger partial charge in [0.1, 0.15) is 0 Å². The summed E-state index contributed by atoms with van der Waals surface area (Å²) in [5.41, 5.74) is 0. The standard InChI is InChI=1S/C12H22N2O3/c1-8(2)10(12(16)17)7-14-11(15)9-3-5-13-6-4-9/h8-10,13H,3-7H2,1-2H3,(H,14,15)(H,16,17). The zero-order valence-corrected chi connectivity index (χ0v) is 10.5. The second kappa shape index (κ2) is 6.59. The van der Waals surface area contributed by atoms with Crippen molar-refractivity contribution >= 4 is 11.9 Å². The molecule has 0 aromatic rings. The molecular weight excluding hydrogens is 220 g/mol. The molecule has 1 saturated heterocycles. The summed E-state index contributed by atoms with van der Waals surface area (Å²) in [4.78, 5) is 22.8. The summed E-state index contributed by atoms with van der Waals surface area (Å²) in [7, 11) is 0. The van der Waals surface area contributed by atoms with Crippen LogP contribution in [0.5, 0.6) is 0 Å². The van der Waals surface area contributed by atoms with Gasteiger partial charge in [0, 0.05) is 12.5 Å². The average molecular weight is 242 g/mol. The zero-order chi connectivity index (χ0) is 12.8. The largest absolute Gasteiger partial charge is 0.481 e.